The third-order valence-electron chi connectivity index (χ3n) is 4.09. The van der Waals surface area contributed by atoms with Gasteiger partial charge in [0.1, 0.15) is 5.00 Å². The third-order valence-corrected chi connectivity index (χ3v) is 4.92. The Morgan fingerprint density at radius 1 is 1.23 bits per heavy atom. The number of carbonyl (C=O) groups is 3. The summed E-state index contributed by atoms with van der Waals surface area (Å²) >= 11 is 1.19. The molecule has 22 heavy (non-hydrogen) atoms. The van der Waals surface area contributed by atoms with Gasteiger partial charge in [-0.3, -0.25) is 14.4 Å². The van der Waals surface area contributed by atoms with Crippen molar-refractivity contribution in [1.29, 1.82) is 0 Å². The summed E-state index contributed by atoms with van der Waals surface area (Å²) in [7, 11) is 0. The lowest BCUT2D eigenvalue weighted by atomic mass is 9.76. The van der Waals surface area contributed by atoms with Crippen LogP contribution in [0.4, 0.5) is 5.00 Å². The van der Waals surface area contributed by atoms with Gasteiger partial charge in [0.25, 0.3) is 5.91 Å². The molecule has 1 heterocycles. The predicted molar refractivity (Wildman–Crippen MR) is 83.7 cm³/mol. The highest BCUT2D eigenvalue weighted by Gasteiger charge is 2.37. The molecule has 0 aliphatic heterocycles. The highest BCUT2D eigenvalue weighted by atomic mass is 32.1. The molecule has 0 radical (unpaired) electrons. The Hall–Kier alpha value is -2.15. The van der Waals surface area contributed by atoms with Crippen molar-refractivity contribution in [3.05, 3.63) is 28.2 Å². The zero-order valence-corrected chi connectivity index (χ0v) is 13.2. The Labute approximate surface area is 132 Å². The van der Waals surface area contributed by atoms with E-state index in [0.29, 0.717) is 17.8 Å². The number of amides is 2. The van der Waals surface area contributed by atoms with Gasteiger partial charge in [0.05, 0.1) is 17.4 Å². The largest absolute Gasteiger partial charge is 0.481 e. The van der Waals surface area contributed by atoms with Crippen LogP contribution in [0.2, 0.25) is 0 Å². The van der Waals surface area contributed by atoms with Crippen LogP contribution >= 0.6 is 11.3 Å². The minimum absolute atomic E-state index is 0.240. The molecule has 0 unspecified atom stereocenters. The van der Waals surface area contributed by atoms with Crippen molar-refractivity contribution in [2.45, 2.75) is 26.7 Å². The molecule has 4 N–H and O–H groups in total. The zero-order valence-electron chi connectivity index (χ0n) is 12.4. The van der Waals surface area contributed by atoms with Gasteiger partial charge in [-0.15, -0.1) is 11.3 Å². The van der Waals surface area contributed by atoms with Gasteiger partial charge in [-0.1, -0.05) is 11.1 Å². The van der Waals surface area contributed by atoms with Crippen LogP contribution in [0.3, 0.4) is 0 Å². The fourth-order valence-electron chi connectivity index (χ4n) is 2.63. The van der Waals surface area contributed by atoms with Crippen LogP contribution in [0.25, 0.3) is 0 Å². The maximum Gasteiger partial charge on any atom is 0.307 e. The van der Waals surface area contributed by atoms with E-state index in [1.165, 1.54) is 17.4 Å². The first-order valence-corrected chi connectivity index (χ1v) is 7.75. The Kier molecular flexibility index (Phi) is 4.65. The fraction of sp³-hybridized carbons (Fsp3) is 0.400. The molecule has 6 nitrogen and oxygen atoms in total. The van der Waals surface area contributed by atoms with E-state index in [1.807, 2.05) is 13.8 Å². The van der Waals surface area contributed by atoms with E-state index in [2.05, 4.69) is 5.32 Å². The van der Waals surface area contributed by atoms with E-state index in [4.69, 9.17) is 5.73 Å². The fourth-order valence-corrected chi connectivity index (χ4v) is 3.43. The Balaban J connectivity index is 2.22. The Morgan fingerprint density at radius 2 is 1.82 bits per heavy atom. The van der Waals surface area contributed by atoms with Crippen molar-refractivity contribution in [3.8, 4) is 0 Å². The van der Waals surface area contributed by atoms with Gasteiger partial charge in [0.15, 0.2) is 0 Å². The highest BCUT2D eigenvalue weighted by molar-refractivity contribution is 7.14. The standard InChI is InChI=1S/C15H18N2O4S/c1-7-5-10(11(15(20)21)6-8(7)2)13(19)17-14-9(12(16)18)3-4-22-14/h3-4,10-11H,5-6H2,1-2H3,(H2,16,18)(H,17,19)(H,20,21)/t10-,11-/m1/s1. The van der Waals surface area contributed by atoms with Crippen molar-refractivity contribution in [1.82, 2.24) is 0 Å². The monoisotopic (exact) mass is 322 g/mol. The van der Waals surface area contributed by atoms with E-state index in [1.54, 1.807) is 5.38 Å². The van der Waals surface area contributed by atoms with E-state index >= 15 is 0 Å². The lowest BCUT2D eigenvalue weighted by Gasteiger charge is -2.29. The van der Waals surface area contributed by atoms with Crippen molar-refractivity contribution in [2.75, 3.05) is 5.32 Å². The third kappa shape index (κ3) is 3.19. The lowest BCUT2D eigenvalue weighted by molar-refractivity contribution is -0.146. The molecule has 0 saturated carbocycles. The molecule has 2 atom stereocenters. The van der Waals surface area contributed by atoms with E-state index in [0.717, 1.165) is 11.1 Å². The predicted octanol–water partition coefficient (Wildman–Crippen LogP) is 2.23. The number of nitrogens with two attached hydrogens (primary N) is 1. The Bertz CT molecular complexity index is 662. The number of hydrogen-bond donors (Lipinski definition) is 3. The average Bonchev–Trinajstić information content (AvgIpc) is 2.89. The van der Waals surface area contributed by atoms with Crippen LogP contribution in [-0.2, 0) is 9.59 Å². The van der Waals surface area contributed by atoms with Crippen molar-refractivity contribution in [2.24, 2.45) is 17.6 Å². The second-order valence-corrected chi connectivity index (χ2v) is 6.45. The summed E-state index contributed by atoms with van der Waals surface area (Å²) in [5.41, 5.74) is 7.54. The quantitative estimate of drug-likeness (QED) is 0.738. The lowest BCUT2D eigenvalue weighted by Crippen LogP contribution is -2.36. The van der Waals surface area contributed by atoms with E-state index < -0.39 is 23.7 Å². The molecule has 118 valence electrons. The first-order chi connectivity index (χ1) is 10.3. The smallest absolute Gasteiger partial charge is 0.307 e. The molecule has 7 heteroatoms. The summed E-state index contributed by atoms with van der Waals surface area (Å²) in [6, 6.07) is 1.54. The summed E-state index contributed by atoms with van der Waals surface area (Å²) in [5.74, 6) is -3.39. The van der Waals surface area contributed by atoms with Gasteiger partial charge in [-0.25, -0.2) is 0 Å². The number of anilines is 1. The van der Waals surface area contributed by atoms with Gasteiger partial charge in [0, 0.05) is 0 Å². The zero-order chi connectivity index (χ0) is 16.4. The van der Waals surface area contributed by atoms with E-state index in [9.17, 15) is 19.5 Å². The number of carbonyl (C=O) groups excluding carboxylic acids is 2. The average molecular weight is 322 g/mol. The molecule has 0 spiro atoms. The first kappa shape index (κ1) is 16.2. The first-order valence-electron chi connectivity index (χ1n) is 6.87. The molecule has 1 aromatic rings. The molecular weight excluding hydrogens is 304 g/mol. The summed E-state index contributed by atoms with van der Waals surface area (Å²) in [4.78, 5) is 35.2. The molecule has 0 aromatic carbocycles. The van der Waals surface area contributed by atoms with Crippen molar-refractivity contribution < 1.29 is 19.5 Å². The SMILES string of the molecule is CC1=C(C)C[C@@H](C(=O)Nc2sccc2C(N)=O)[C@H](C(=O)O)C1. The number of nitrogens with one attached hydrogen (secondary N) is 1. The number of allylic oxidation sites excluding steroid dienone is 2. The van der Waals surface area contributed by atoms with Crippen LogP contribution in [0.1, 0.15) is 37.0 Å². The van der Waals surface area contributed by atoms with Crippen LogP contribution < -0.4 is 11.1 Å². The molecule has 0 saturated heterocycles. The highest BCUT2D eigenvalue weighted by Crippen LogP contribution is 2.35. The minimum atomic E-state index is -0.978. The molecule has 1 aliphatic carbocycles. The summed E-state index contributed by atoms with van der Waals surface area (Å²) < 4.78 is 0. The van der Waals surface area contributed by atoms with Gasteiger partial charge < -0.3 is 16.2 Å². The molecular formula is C15H18N2O4S. The van der Waals surface area contributed by atoms with E-state index in [-0.39, 0.29) is 11.5 Å². The van der Waals surface area contributed by atoms with Gasteiger partial charge >= 0.3 is 5.97 Å². The number of carboxylic acids is 1. The second-order valence-electron chi connectivity index (χ2n) is 5.54. The summed E-state index contributed by atoms with van der Waals surface area (Å²) in [6.07, 6.45) is 0.776. The number of carboxylic acid groups (broad SMARTS) is 1. The summed E-state index contributed by atoms with van der Waals surface area (Å²) in [5, 5.41) is 14.0. The maximum atomic E-state index is 12.5. The number of hydrogen-bond acceptors (Lipinski definition) is 4. The number of aliphatic carboxylic acids is 1. The molecule has 2 amide bonds. The van der Waals surface area contributed by atoms with Crippen LogP contribution in [-0.4, -0.2) is 22.9 Å². The number of thiophene rings is 1. The van der Waals surface area contributed by atoms with Gasteiger partial charge in [-0.2, -0.15) is 0 Å². The molecule has 0 fully saturated rings. The van der Waals surface area contributed by atoms with Gasteiger partial charge in [-0.05, 0) is 38.1 Å². The van der Waals surface area contributed by atoms with Crippen molar-refractivity contribution >= 4 is 34.1 Å². The second kappa shape index (κ2) is 6.31. The normalized spacial score (nSPS) is 21.5. The van der Waals surface area contributed by atoms with Gasteiger partial charge in [0.2, 0.25) is 5.91 Å². The van der Waals surface area contributed by atoms with Crippen molar-refractivity contribution in [3.63, 3.8) is 0 Å². The minimum Gasteiger partial charge on any atom is -0.481 e. The Morgan fingerprint density at radius 3 is 2.36 bits per heavy atom. The molecule has 1 aliphatic rings. The molecule has 1 aromatic heterocycles. The van der Waals surface area contributed by atoms with Crippen LogP contribution in [0.5, 0.6) is 0 Å². The van der Waals surface area contributed by atoms with Crippen LogP contribution in [0, 0.1) is 11.8 Å². The molecule has 0 bridgehead atoms. The maximum absolute atomic E-state index is 12.5. The number of rotatable bonds is 4. The number of primary amides is 1. The molecule has 2 rings (SSSR count). The topological polar surface area (TPSA) is 109 Å². The van der Waals surface area contributed by atoms with Crippen LogP contribution in [0.15, 0.2) is 22.6 Å². The summed E-state index contributed by atoms with van der Waals surface area (Å²) in [6.45, 7) is 3.80.